The number of rotatable bonds is 9. The first kappa shape index (κ1) is 34.0. The first-order valence-electron chi connectivity index (χ1n) is 9.52. The lowest BCUT2D eigenvalue weighted by Crippen LogP contribution is -2.24. The van der Waals surface area contributed by atoms with E-state index in [1.807, 2.05) is 25.0 Å². The highest BCUT2D eigenvalue weighted by Gasteiger charge is 2.09. The van der Waals surface area contributed by atoms with Gasteiger partial charge in [0.2, 0.25) is 0 Å². The molecule has 184 valence electrons. The fourth-order valence-corrected chi connectivity index (χ4v) is 2.26. The molecule has 32 heavy (non-hydrogen) atoms. The van der Waals surface area contributed by atoms with Crippen molar-refractivity contribution in [2.24, 2.45) is 28.7 Å². The number of para-hydroxylation sites is 1. The Labute approximate surface area is 191 Å². The average molecular weight is 455 g/mol. The summed E-state index contributed by atoms with van der Waals surface area (Å²) in [4.78, 5) is 8.00. The number of nitrogens with one attached hydrogen (secondary N) is 3. The Morgan fingerprint density at radius 3 is 1.41 bits per heavy atom. The lowest BCUT2D eigenvalue weighted by atomic mass is 10.0. The topological polar surface area (TPSA) is 224 Å². The Bertz CT molecular complexity index is 634. The summed E-state index contributed by atoms with van der Waals surface area (Å²) in [6.45, 7) is 5.08. The van der Waals surface area contributed by atoms with Crippen molar-refractivity contribution >= 4 is 6.79 Å². The first-order chi connectivity index (χ1) is 15.0. The minimum Gasteiger partial charge on any atom is -0.508 e. The monoisotopic (exact) mass is 454 g/mol. The SMILES string of the molecule is C.C=O.NCN.NCNCc1cc(CNCN)c(O)c(CNCN)c1.Oc1ccccc1. The van der Waals surface area contributed by atoms with Crippen molar-refractivity contribution in [3.05, 3.63) is 59.2 Å². The van der Waals surface area contributed by atoms with Crippen LogP contribution in [-0.2, 0) is 24.4 Å². The van der Waals surface area contributed by atoms with Crippen LogP contribution < -0.4 is 44.6 Å². The molecule has 0 bridgehead atoms. The van der Waals surface area contributed by atoms with E-state index in [-0.39, 0.29) is 19.8 Å². The van der Waals surface area contributed by atoms with Crippen molar-refractivity contribution in [1.29, 1.82) is 0 Å². The maximum atomic E-state index is 10.2. The standard InChI is InChI=1S/C12H24N6O.C6H6O.CH6N2.CH2O.CH4/c13-6-16-3-9-1-10(4-17-7-14)12(19)11(2-9)5-18-8-15;7-6-4-2-1-3-5-6;2-1-3;1-2;/h1-2,16-19H,3-8,13-15H2;1-5,7H;1-3H2;1H2;1H4. The zero-order valence-corrected chi connectivity index (χ0v) is 17.9. The van der Waals surface area contributed by atoms with E-state index in [0.717, 1.165) is 16.7 Å². The number of nitrogens with two attached hydrogens (primary N) is 5. The third-order valence-corrected chi connectivity index (χ3v) is 3.48. The quantitative estimate of drug-likeness (QED) is 0.209. The fraction of sp³-hybridized carbons (Fsp3) is 0.381. The molecule has 0 aliphatic carbocycles. The second kappa shape index (κ2) is 24.7. The van der Waals surface area contributed by atoms with Gasteiger partial charge < -0.3 is 59.6 Å². The Morgan fingerprint density at radius 1 is 0.719 bits per heavy atom. The second-order valence-electron chi connectivity index (χ2n) is 5.73. The average Bonchev–Trinajstić information content (AvgIpc) is 2.79. The van der Waals surface area contributed by atoms with Gasteiger partial charge in [0.25, 0.3) is 0 Å². The molecule has 0 fully saturated rings. The van der Waals surface area contributed by atoms with Crippen LogP contribution in [0.1, 0.15) is 24.1 Å². The van der Waals surface area contributed by atoms with Gasteiger partial charge in [-0.3, -0.25) is 0 Å². The maximum absolute atomic E-state index is 10.2. The third-order valence-electron chi connectivity index (χ3n) is 3.48. The van der Waals surface area contributed by atoms with Crippen molar-refractivity contribution in [2.45, 2.75) is 27.1 Å². The van der Waals surface area contributed by atoms with Gasteiger partial charge in [0.15, 0.2) is 0 Å². The van der Waals surface area contributed by atoms with E-state index in [1.165, 1.54) is 0 Å². The van der Waals surface area contributed by atoms with Gasteiger partial charge in [-0.1, -0.05) is 25.6 Å². The summed E-state index contributed by atoms with van der Waals surface area (Å²) in [6.07, 6.45) is 0. The predicted molar refractivity (Wildman–Crippen MR) is 131 cm³/mol. The van der Waals surface area contributed by atoms with E-state index >= 15 is 0 Å². The van der Waals surface area contributed by atoms with E-state index < -0.39 is 0 Å². The number of phenols is 2. The Hall–Kier alpha value is -2.61. The van der Waals surface area contributed by atoms with E-state index in [9.17, 15) is 5.11 Å². The number of hydrogen-bond donors (Lipinski definition) is 10. The Balaban J connectivity index is -0.000000535. The van der Waals surface area contributed by atoms with Crippen LogP contribution >= 0.6 is 0 Å². The van der Waals surface area contributed by atoms with Gasteiger partial charge in [-0.2, -0.15) is 0 Å². The minimum atomic E-state index is 0. The smallest absolute Gasteiger partial charge is 0.124 e. The molecule has 0 heterocycles. The van der Waals surface area contributed by atoms with Gasteiger partial charge >= 0.3 is 0 Å². The summed E-state index contributed by atoms with van der Waals surface area (Å²) in [5.74, 6) is 0.598. The number of carbonyl (C=O) groups is 1. The molecule has 0 atom stereocenters. The van der Waals surface area contributed by atoms with Crippen LogP contribution in [0.5, 0.6) is 11.5 Å². The van der Waals surface area contributed by atoms with Gasteiger partial charge in [-0.15, -0.1) is 0 Å². The van der Waals surface area contributed by atoms with E-state index in [1.54, 1.807) is 24.3 Å². The van der Waals surface area contributed by atoms with Gasteiger partial charge in [0, 0.05) is 57.4 Å². The summed E-state index contributed by atoms with van der Waals surface area (Å²) in [5.41, 5.74) is 28.2. The molecule has 0 amide bonds. The molecule has 11 nitrogen and oxygen atoms in total. The fourth-order valence-electron chi connectivity index (χ4n) is 2.26. The van der Waals surface area contributed by atoms with Crippen LogP contribution in [-0.4, -0.2) is 43.7 Å². The summed E-state index contributed by atoms with van der Waals surface area (Å²) in [7, 11) is 0. The largest absolute Gasteiger partial charge is 0.508 e. The van der Waals surface area contributed by atoms with Crippen LogP contribution in [0.15, 0.2) is 42.5 Å². The van der Waals surface area contributed by atoms with Crippen molar-refractivity contribution in [2.75, 3.05) is 26.7 Å². The van der Waals surface area contributed by atoms with Gasteiger partial charge in [0.1, 0.15) is 18.3 Å². The molecular formula is C21H42N8O3. The normalized spacial score (nSPS) is 9.03. The molecule has 0 saturated heterocycles. The third kappa shape index (κ3) is 17.1. The molecule has 0 aliphatic heterocycles. The number of hydrogen-bond acceptors (Lipinski definition) is 11. The molecule has 0 unspecified atom stereocenters. The summed E-state index contributed by atoms with van der Waals surface area (Å²) >= 11 is 0. The number of aromatic hydroxyl groups is 2. The highest BCUT2D eigenvalue weighted by Crippen LogP contribution is 2.24. The van der Waals surface area contributed by atoms with Crippen molar-refractivity contribution in [3.63, 3.8) is 0 Å². The zero-order valence-electron chi connectivity index (χ0n) is 17.9. The first-order valence-corrected chi connectivity index (χ1v) is 9.52. The zero-order chi connectivity index (χ0) is 23.9. The van der Waals surface area contributed by atoms with Gasteiger partial charge in [0.05, 0.1) is 0 Å². The van der Waals surface area contributed by atoms with Crippen molar-refractivity contribution < 1.29 is 15.0 Å². The number of benzene rings is 2. The molecule has 0 radical (unpaired) electrons. The van der Waals surface area contributed by atoms with E-state index in [0.29, 0.717) is 45.4 Å². The van der Waals surface area contributed by atoms with Crippen LogP contribution in [0.4, 0.5) is 0 Å². The lowest BCUT2D eigenvalue weighted by molar-refractivity contribution is -0.0980. The highest BCUT2D eigenvalue weighted by molar-refractivity contribution is 5.44. The Kier molecular flexibility index (Phi) is 26.2. The molecule has 0 aromatic heterocycles. The van der Waals surface area contributed by atoms with Crippen LogP contribution in [0.3, 0.4) is 0 Å². The van der Waals surface area contributed by atoms with E-state index in [2.05, 4.69) is 27.4 Å². The highest BCUT2D eigenvalue weighted by atomic mass is 16.3. The van der Waals surface area contributed by atoms with Crippen molar-refractivity contribution in [3.8, 4) is 11.5 Å². The molecule has 2 aromatic rings. The summed E-state index contributed by atoms with van der Waals surface area (Å²) in [5, 5.41) is 27.9. The number of phenolic OH excluding ortho intramolecular Hbond substituents is 2. The predicted octanol–water partition coefficient (Wildman–Crippen LogP) is -0.886. The van der Waals surface area contributed by atoms with Gasteiger partial charge in [-0.05, 0) is 29.8 Å². The minimum absolute atomic E-state index is 0. The van der Waals surface area contributed by atoms with E-state index in [4.69, 9.17) is 27.1 Å². The molecule has 2 aromatic carbocycles. The molecule has 15 N–H and O–H groups in total. The molecule has 0 aliphatic rings. The van der Waals surface area contributed by atoms with Crippen LogP contribution in [0.25, 0.3) is 0 Å². The van der Waals surface area contributed by atoms with Crippen LogP contribution in [0.2, 0.25) is 0 Å². The van der Waals surface area contributed by atoms with Crippen molar-refractivity contribution in [1.82, 2.24) is 16.0 Å². The lowest BCUT2D eigenvalue weighted by Gasteiger charge is -2.14. The molecule has 11 heteroatoms. The number of carbonyl (C=O) groups excluding carboxylic acids is 1. The molecule has 0 saturated carbocycles. The maximum Gasteiger partial charge on any atom is 0.124 e. The molecular weight excluding hydrogens is 412 g/mol. The summed E-state index contributed by atoms with van der Waals surface area (Å²) < 4.78 is 0. The summed E-state index contributed by atoms with van der Waals surface area (Å²) in [6, 6.07) is 12.6. The second-order valence-corrected chi connectivity index (χ2v) is 5.73. The van der Waals surface area contributed by atoms with Crippen LogP contribution in [0, 0.1) is 0 Å². The van der Waals surface area contributed by atoms with Gasteiger partial charge in [-0.25, -0.2) is 0 Å². The molecule has 0 spiro atoms. The Morgan fingerprint density at radius 2 is 1.09 bits per heavy atom. The molecule has 2 rings (SSSR count).